The first kappa shape index (κ1) is 16.2. The third kappa shape index (κ3) is 3.14. The number of rotatable bonds is 6. The van der Waals surface area contributed by atoms with Crippen molar-refractivity contribution in [3.63, 3.8) is 0 Å². The predicted molar refractivity (Wildman–Crippen MR) is 98.4 cm³/mol. The molecule has 3 aromatic heterocycles. The Morgan fingerprint density at radius 1 is 1.28 bits per heavy atom. The van der Waals surface area contributed by atoms with Crippen LogP contribution in [0.1, 0.15) is 43.2 Å². The smallest absolute Gasteiger partial charge is 0.269 e. The minimum Gasteiger partial charge on any atom is -0.337 e. The van der Waals surface area contributed by atoms with E-state index in [2.05, 4.69) is 21.4 Å². The van der Waals surface area contributed by atoms with Crippen LogP contribution in [-0.4, -0.2) is 18.5 Å². The SMILES string of the molecule is CCCC(c1nc(Cc2ccsn2)no1)n1sc2ccccc2c1=O. The molecule has 8 heteroatoms. The van der Waals surface area contributed by atoms with Crippen molar-refractivity contribution in [3.8, 4) is 0 Å². The van der Waals surface area contributed by atoms with E-state index in [-0.39, 0.29) is 11.6 Å². The molecule has 0 aliphatic heterocycles. The normalized spacial score (nSPS) is 12.7. The van der Waals surface area contributed by atoms with E-state index in [1.54, 1.807) is 3.96 Å². The fourth-order valence-electron chi connectivity index (χ4n) is 2.77. The highest BCUT2D eigenvalue weighted by Crippen LogP contribution is 2.27. The fraction of sp³-hybridized carbons (Fsp3) is 0.294. The van der Waals surface area contributed by atoms with Gasteiger partial charge in [-0.05, 0) is 36.2 Å². The van der Waals surface area contributed by atoms with Crippen molar-refractivity contribution in [1.29, 1.82) is 0 Å². The molecule has 1 unspecified atom stereocenters. The number of fused-ring (bicyclic) bond motifs is 1. The molecule has 4 rings (SSSR count). The highest BCUT2D eigenvalue weighted by Gasteiger charge is 2.24. The fourth-order valence-corrected chi connectivity index (χ4v) is 4.42. The summed E-state index contributed by atoms with van der Waals surface area (Å²) in [6.45, 7) is 2.08. The lowest BCUT2D eigenvalue weighted by Crippen LogP contribution is -2.20. The molecule has 1 aromatic carbocycles. The van der Waals surface area contributed by atoms with E-state index in [0.717, 1.165) is 28.6 Å². The van der Waals surface area contributed by atoms with Gasteiger partial charge >= 0.3 is 0 Å². The average molecular weight is 372 g/mol. The molecule has 0 amide bonds. The molecule has 0 aliphatic rings. The van der Waals surface area contributed by atoms with Crippen molar-refractivity contribution in [3.05, 3.63) is 63.5 Å². The Morgan fingerprint density at radius 2 is 2.16 bits per heavy atom. The highest BCUT2D eigenvalue weighted by molar-refractivity contribution is 7.13. The Balaban J connectivity index is 1.70. The van der Waals surface area contributed by atoms with E-state index in [4.69, 9.17) is 4.52 Å². The van der Waals surface area contributed by atoms with Crippen LogP contribution in [0.5, 0.6) is 0 Å². The van der Waals surface area contributed by atoms with Crippen LogP contribution in [0, 0.1) is 0 Å². The molecule has 25 heavy (non-hydrogen) atoms. The predicted octanol–water partition coefficient (Wildman–Crippen LogP) is 3.88. The second kappa shape index (κ2) is 6.89. The number of hydrogen-bond donors (Lipinski definition) is 0. The summed E-state index contributed by atoms with van der Waals surface area (Å²) in [6.07, 6.45) is 2.22. The van der Waals surface area contributed by atoms with Gasteiger partial charge in [0.05, 0.1) is 22.2 Å². The monoisotopic (exact) mass is 372 g/mol. The maximum atomic E-state index is 12.8. The van der Waals surface area contributed by atoms with Gasteiger partial charge in [-0.2, -0.15) is 9.36 Å². The summed E-state index contributed by atoms with van der Waals surface area (Å²) in [5, 5.41) is 6.73. The van der Waals surface area contributed by atoms with Crippen molar-refractivity contribution in [2.24, 2.45) is 0 Å². The molecule has 6 nitrogen and oxygen atoms in total. The third-order valence-corrected chi connectivity index (χ3v) is 5.73. The summed E-state index contributed by atoms with van der Waals surface area (Å²) in [7, 11) is 0. The van der Waals surface area contributed by atoms with Gasteiger partial charge < -0.3 is 4.52 Å². The van der Waals surface area contributed by atoms with Gasteiger partial charge in [0.2, 0.25) is 0 Å². The molecule has 0 spiro atoms. The first-order chi connectivity index (χ1) is 12.3. The summed E-state index contributed by atoms with van der Waals surface area (Å²) < 4.78 is 12.5. The number of nitrogens with zero attached hydrogens (tertiary/aromatic N) is 4. The summed E-state index contributed by atoms with van der Waals surface area (Å²) in [4.78, 5) is 17.3. The molecule has 1 atom stereocenters. The van der Waals surface area contributed by atoms with Crippen LogP contribution in [0.4, 0.5) is 0 Å². The zero-order valence-electron chi connectivity index (χ0n) is 13.6. The number of aromatic nitrogens is 4. The molecule has 0 saturated heterocycles. The molecular weight excluding hydrogens is 356 g/mol. The van der Waals surface area contributed by atoms with Crippen molar-refractivity contribution >= 4 is 33.2 Å². The quantitative estimate of drug-likeness (QED) is 0.513. The maximum Gasteiger partial charge on any atom is 0.269 e. The second-order valence-corrected chi connectivity index (χ2v) is 7.42. The van der Waals surface area contributed by atoms with E-state index >= 15 is 0 Å². The first-order valence-electron chi connectivity index (χ1n) is 8.08. The van der Waals surface area contributed by atoms with E-state index in [9.17, 15) is 4.79 Å². The van der Waals surface area contributed by atoms with Crippen LogP contribution >= 0.6 is 23.1 Å². The molecule has 0 bridgehead atoms. The molecule has 3 heterocycles. The largest absolute Gasteiger partial charge is 0.337 e. The molecule has 0 saturated carbocycles. The van der Waals surface area contributed by atoms with E-state index < -0.39 is 0 Å². The summed E-state index contributed by atoms with van der Waals surface area (Å²) in [5.74, 6) is 1.08. The lowest BCUT2D eigenvalue weighted by Gasteiger charge is -2.11. The first-order valence-corrected chi connectivity index (χ1v) is 9.69. The van der Waals surface area contributed by atoms with Gasteiger partial charge in [0.25, 0.3) is 11.4 Å². The lowest BCUT2D eigenvalue weighted by atomic mass is 10.1. The highest BCUT2D eigenvalue weighted by atomic mass is 32.1. The van der Waals surface area contributed by atoms with Crippen LogP contribution < -0.4 is 5.56 Å². The van der Waals surface area contributed by atoms with Crippen molar-refractivity contribution < 1.29 is 4.52 Å². The maximum absolute atomic E-state index is 12.8. The van der Waals surface area contributed by atoms with Gasteiger partial charge in [0.1, 0.15) is 6.04 Å². The van der Waals surface area contributed by atoms with Gasteiger partial charge in [0, 0.05) is 5.38 Å². The van der Waals surface area contributed by atoms with Crippen LogP contribution in [-0.2, 0) is 6.42 Å². The van der Waals surface area contributed by atoms with E-state index in [1.807, 2.05) is 35.7 Å². The standard InChI is InChI=1S/C17H16N4O2S2/c1-2-5-13(21-17(22)12-6-3-4-7-14(12)25-21)16-18-15(19-23-16)10-11-8-9-24-20-11/h3-4,6-9,13H,2,5,10H2,1H3. The van der Waals surface area contributed by atoms with Gasteiger partial charge in [-0.15, -0.1) is 0 Å². The molecule has 4 aromatic rings. The Kier molecular flexibility index (Phi) is 4.46. The average Bonchev–Trinajstić information content (AvgIpc) is 3.35. The molecular formula is C17H16N4O2S2. The van der Waals surface area contributed by atoms with Crippen LogP contribution in [0.25, 0.3) is 10.1 Å². The molecule has 0 radical (unpaired) electrons. The summed E-state index contributed by atoms with van der Waals surface area (Å²) >= 11 is 2.85. The second-order valence-electron chi connectivity index (χ2n) is 5.74. The molecule has 0 N–H and O–H groups in total. The van der Waals surface area contributed by atoms with E-state index in [0.29, 0.717) is 18.1 Å². The van der Waals surface area contributed by atoms with Crippen molar-refractivity contribution in [2.45, 2.75) is 32.2 Å². The Morgan fingerprint density at radius 3 is 2.92 bits per heavy atom. The van der Waals surface area contributed by atoms with Gasteiger partial charge in [0.15, 0.2) is 5.82 Å². The zero-order chi connectivity index (χ0) is 17.2. The van der Waals surface area contributed by atoms with E-state index in [1.165, 1.54) is 23.1 Å². The van der Waals surface area contributed by atoms with Gasteiger partial charge in [-0.1, -0.05) is 42.2 Å². The molecule has 128 valence electrons. The third-order valence-electron chi connectivity index (χ3n) is 3.96. The minimum absolute atomic E-state index is 0.00157. The van der Waals surface area contributed by atoms with Crippen molar-refractivity contribution in [1.82, 2.24) is 18.5 Å². The van der Waals surface area contributed by atoms with Crippen LogP contribution in [0.2, 0.25) is 0 Å². The molecule has 0 fully saturated rings. The van der Waals surface area contributed by atoms with Gasteiger partial charge in [-0.3, -0.25) is 8.75 Å². The summed E-state index contributed by atoms with van der Waals surface area (Å²) in [5.41, 5.74) is 0.918. The number of hydrogen-bond acceptors (Lipinski definition) is 7. The minimum atomic E-state index is -0.230. The summed E-state index contributed by atoms with van der Waals surface area (Å²) in [6, 6.07) is 9.36. The van der Waals surface area contributed by atoms with Crippen molar-refractivity contribution in [2.75, 3.05) is 0 Å². The Labute approximate surface area is 152 Å². The topological polar surface area (TPSA) is 73.8 Å². The number of benzene rings is 1. The van der Waals surface area contributed by atoms with Crippen LogP contribution in [0.3, 0.4) is 0 Å². The van der Waals surface area contributed by atoms with Gasteiger partial charge in [-0.25, -0.2) is 0 Å². The molecule has 0 aliphatic carbocycles. The zero-order valence-corrected chi connectivity index (χ0v) is 15.2. The van der Waals surface area contributed by atoms with Crippen LogP contribution in [0.15, 0.2) is 45.0 Å². The lowest BCUT2D eigenvalue weighted by molar-refractivity contribution is 0.330. The Hall–Kier alpha value is -2.32. The Bertz CT molecular complexity index is 1030.